The molecule has 0 radical (unpaired) electrons. The fourth-order valence-electron chi connectivity index (χ4n) is 2.43. The molecule has 1 aromatic carbocycles. The van der Waals surface area contributed by atoms with E-state index in [0.717, 1.165) is 18.9 Å². The number of hydrogen-bond donors (Lipinski definition) is 1. The maximum atomic E-state index is 13.0. The van der Waals surface area contributed by atoms with Crippen LogP contribution >= 0.6 is 0 Å². The average Bonchev–Trinajstić information content (AvgIpc) is 2.26. The van der Waals surface area contributed by atoms with Crippen LogP contribution in [0.25, 0.3) is 0 Å². The highest BCUT2D eigenvalue weighted by Crippen LogP contribution is 2.35. The molecule has 0 atom stereocenters. The molecule has 0 spiro atoms. The highest BCUT2D eigenvalue weighted by Gasteiger charge is 2.33. The van der Waals surface area contributed by atoms with Gasteiger partial charge in [-0.3, -0.25) is 0 Å². The normalized spacial score (nSPS) is 12.5. The number of alkyl halides is 3. The van der Waals surface area contributed by atoms with E-state index in [1.54, 1.807) is 6.07 Å². The summed E-state index contributed by atoms with van der Waals surface area (Å²) < 4.78 is 39.0. The third-order valence-corrected chi connectivity index (χ3v) is 3.10. The van der Waals surface area contributed by atoms with Crippen LogP contribution in [-0.2, 0) is 6.18 Å². The maximum absolute atomic E-state index is 13.0. The van der Waals surface area contributed by atoms with E-state index in [-0.39, 0.29) is 11.7 Å². The minimum atomic E-state index is -4.32. The van der Waals surface area contributed by atoms with Crippen LogP contribution in [0.2, 0.25) is 0 Å². The Kier molecular flexibility index (Phi) is 5.90. The first-order chi connectivity index (χ1) is 9.20. The molecule has 0 aromatic heterocycles. The lowest BCUT2D eigenvalue weighted by atomic mass is 9.95. The van der Waals surface area contributed by atoms with Gasteiger partial charge in [-0.05, 0) is 36.8 Å². The van der Waals surface area contributed by atoms with Gasteiger partial charge in [0.2, 0.25) is 0 Å². The largest absolute Gasteiger partial charge is 0.418 e. The van der Waals surface area contributed by atoms with Gasteiger partial charge in [-0.25, -0.2) is 0 Å². The molecule has 0 unspecified atom stereocenters. The van der Waals surface area contributed by atoms with Crippen molar-refractivity contribution < 1.29 is 13.2 Å². The highest BCUT2D eigenvalue weighted by atomic mass is 19.4. The smallest absolute Gasteiger partial charge is 0.382 e. The molecule has 0 aliphatic carbocycles. The quantitative estimate of drug-likeness (QED) is 0.720. The molecule has 20 heavy (non-hydrogen) atoms. The lowest BCUT2D eigenvalue weighted by Crippen LogP contribution is -2.25. The molecule has 0 saturated carbocycles. The van der Waals surface area contributed by atoms with Crippen molar-refractivity contribution in [3.05, 3.63) is 29.8 Å². The fraction of sp³-hybridized carbons (Fsp3) is 0.625. The summed E-state index contributed by atoms with van der Waals surface area (Å²) in [7, 11) is 0. The van der Waals surface area contributed by atoms with Crippen molar-refractivity contribution >= 4 is 5.69 Å². The zero-order valence-corrected chi connectivity index (χ0v) is 12.6. The predicted molar refractivity (Wildman–Crippen MR) is 77.8 cm³/mol. The molecule has 4 heteroatoms. The third kappa shape index (κ3) is 5.43. The molecule has 0 saturated heterocycles. The lowest BCUT2D eigenvalue weighted by Gasteiger charge is -2.25. The number of anilines is 1. The van der Waals surface area contributed by atoms with Crippen molar-refractivity contribution in [2.45, 2.75) is 52.8 Å². The highest BCUT2D eigenvalue weighted by molar-refractivity contribution is 5.53. The molecule has 0 heterocycles. The van der Waals surface area contributed by atoms with E-state index in [2.05, 4.69) is 33.0 Å². The summed E-state index contributed by atoms with van der Waals surface area (Å²) in [5.41, 5.74) is -0.399. The van der Waals surface area contributed by atoms with E-state index in [1.807, 2.05) is 0 Å². The molecule has 1 rings (SSSR count). The zero-order valence-electron chi connectivity index (χ0n) is 12.6. The topological polar surface area (TPSA) is 12.0 Å². The lowest BCUT2D eigenvalue weighted by molar-refractivity contribution is -0.137. The van der Waals surface area contributed by atoms with Gasteiger partial charge in [0.1, 0.15) is 0 Å². The summed E-state index contributed by atoms with van der Waals surface area (Å²) in [4.78, 5) is 0. The second kappa shape index (κ2) is 7.00. The molecule has 1 aromatic rings. The van der Waals surface area contributed by atoms with E-state index in [4.69, 9.17) is 0 Å². The average molecular weight is 287 g/mol. The number of hydrogen-bond acceptors (Lipinski definition) is 1. The minimum absolute atomic E-state index is 0.0681. The van der Waals surface area contributed by atoms with E-state index < -0.39 is 11.7 Å². The van der Waals surface area contributed by atoms with Gasteiger partial charge in [0.05, 0.1) is 5.56 Å². The monoisotopic (exact) mass is 287 g/mol. The summed E-state index contributed by atoms with van der Waals surface area (Å²) in [6.07, 6.45) is -2.58. The Bertz CT molecular complexity index is 400. The Morgan fingerprint density at radius 1 is 0.950 bits per heavy atom. The van der Waals surface area contributed by atoms with Crippen molar-refractivity contribution in [2.75, 3.05) is 5.32 Å². The number of halogens is 3. The first-order valence-electron chi connectivity index (χ1n) is 7.13. The Morgan fingerprint density at radius 3 is 1.90 bits per heavy atom. The SMILES string of the molecule is CC(C)CC(CC(C)C)Nc1ccccc1C(F)(F)F. The molecule has 114 valence electrons. The van der Waals surface area contributed by atoms with Crippen LogP contribution in [0.5, 0.6) is 0 Å². The van der Waals surface area contributed by atoms with E-state index in [1.165, 1.54) is 12.1 Å². The van der Waals surface area contributed by atoms with E-state index in [0.29, 0.717) is 11.8 Å². The predicted octanol–water partition coefficient (Wildman–Crippen LogP) is 5.58. The van der Waals surface area contributed by atoms with Gasteiger partial charge in [-0.15, -0.1) is 0 Å². The van der Waals surface area contributed by atoms with Gasteiger partial charge in [0.15, 0.2) is 0 Å². The molecule has 0 aliphatic heterocycles. The van der Waals surface area contributed by atoms with Crippen molar-refractivity contribution in [2.24, 2.45) is 11.8 Å². The van der Waals surface area contributed by atoms with Crippen molar-refractivity contribution in [1.29, 1.82) is 0 Å². The maximum Gasteiger partial charge on any atom is 0.418 e. The third-order valence-electron chi connectivity index (χ3n) is 3.10. The first kappa shape index (κ1) is 16.9. The number of nitrogens with one attached hydrogen (secondary N) is 1. The number of benzene rings is 1. The molecular weight excluding hydrogens is 263 g/mol. The standard InChI is InChI=1S/C16H24F3N/c1-11(2)9-13(10-12(3)4)20-15-8-6-5-7-14(15)16(17,18)19/h5-8,11-13,20H,9-10H2,1-4H3. The Balaban J connectivity index is 2.93. The van der Waals surface area contributed by atoms with Gasteiger partial charge in [0, 0.05) is 11.7 Å². The van der Waals surface area contributed by atoms with Crippen LogP contribution in [0.3, 0.4) is 0 Å². The molecule has 1 nitrogen and oxygen atoms in total. The van der Waals surface area contributed by atoms with Crippen molar-refractivity contribution in [1.82, 2.24) is 0 Å². The van der Waals surface area contributed by atoms with Crippen LogP contribution in [0.1, 0.15) is 46.1 Å². The fourth-order valence-corrected chi connectivity index (χ4v) is 2.43. The summed E-state index contributed by atoms with van der Waals surface area (Å²) in [6.45, 7) is 8.35. The summed E-state index contributed by atoms with van der Waals surface area (Å²) in [6, 6.07) is 5.77. The van der Waals surface area contributed by atoms with Crippen molar-refractivity contribution in [3.63, 3.8) is 0 Å². The van der Waals surface area contributed by atoms with Crippen LogP contribution in [-0.4, -0.2) is 6.04 Å². The molecule has 0 bridgehead atoms. The van der Waals surface area contributed by atoms with Gasteiger partial charge in [0.25, 0.3) is 0 Å². The number of rotatable bonds is 6. The number of para-hydroxylation sites is 1. The Morgan fingerprint density at radius 2 is 1.45 bits per heavy atom. The van der Waals surface area contributed by atoms with E-state index in [9.17, 15) is 13.2 Å². The van der Waals surface area contributed by atoms with Crippen LogP contribution in [0.15, 0.2) is 24.3 Å². The molecular formula is C16H24F3N. The first-order valence-corrected chi connectivity index (χ1v) is 7.13. The van der Waals surface area contributed by atoms with Crippen molar-refractivity contribution in [3.8, 4) is 0 Å². The zero-order chi connectivity index (χ0) is 15.3. The Labute approximate surface area is 119 Å². The van der Waals surface area contributed by atoms with Crippen LogP contribution < -0.4 is 5.32 Å². The van der Waals surface area contributed by atoms with Gasteiger partial charge >= 0.3 is 6.18 Å². The summed E-state index contributed by atoms with van der Waals surface area (Å²) in [5, 5.41) is 3.10. The van der Waals surface area contributed by atoms with E-state index >= 15 is 0 Å². The van der Waals surface area contributed by atoms with Crippen LogP contribution in [0.4, 0.5) is 18.9 Å². The van der Waals surface area contributed by atoms with Gasteiger partial charge in [-0.1, -0.05) is 39.8 Å². The molecule has 1 N–H and O–H groups in total. The van der Waals surface area contributed by atoms with Gasteiger partial charge in [-0.2, -0.15) is 13.2 Å². The summed E-state index contributed by atoms with van der Waals surface area (Å²) in [5.74, 6) is 0.897. The summed E-state index contributed by atoms with van der Waals surface area (Å²) >= 11 is 0. The molecule has 0 aliphatic rings. The van der Waals surface area contributed by atoms with Crippen LogP contribution in [0, 0.1) is 11.8 Å². The molecule has 0 fully saturated rings. The second-order valence-electron chi connectivity index (χ2n) is 6.14. The Hall–Kier alpha value is -1.19. The van der Waals surface area contributed by atoms with Gasteiger partial charge < -0.3 is 5.32 Å². The second-order valence-corrected chi connectivity index (χ2v) is 6.14. The molecule has 0 amide bonds. The minimum Gasteiger partial charge on any atom is -0.382 e.